The normalized spacial score (nSPS) is 10.7. The molecule has 112 valence electrons. The van der Waals surface area contributed by atoms with Crippen molar-refractivity contribution in [3.8, 4) is 0 Å². The van der Waals surface area contributed by atoms with Crippen LogP contribution in [0.2, 0.25) is 0 Å². The van der Waals surface area contributed by atoms with Crippen LogP contribution in [0.3, 0.4) is 0 Å². The summed E-state index contributed by atoms with van der Waals surface area (Å²) in [5.74, 6) is 1.11. The molecule has 0 amide bonds. The van der Waals surface area contributed by atoms with Crippen LogP contribution in [0.1, 0.15) is 35.5 Å². The molecule has 0 spiro atoms. The van der Waals surface area contributed by atoms with E-state index in [2.05, 4.69) is 4.98 Å². The lowest BCUT2D eigenvalue weighted by Crippen LogP contribution is -2.22. The maximum absolute atomic E-state index is 12.1. The van der Waals surface area contributed by atoms with Gasteiger partial charge in [0.2, 0.25) is 0 Å². The number of esters is 1. The van der Waals surface area contributed by atoms with E-state index in [9.17, 15) is 4.79 Å². The summed E-state index contributed by atoms with van der Waals surface area (Å²) in [6, 6.07) is 5.38. The number of rotatable bonds is 5. The van der Waals surface area contributed by atoms with Gasteiger partial charge in [-0.15, -0.1) is 0 Å². The van der Waals surface area contributed by atoms with E-state index in [1.165, 1.54) is 0 Å². The maximum Gasteiger partial charge on any atom is 0.342 e. The van der Waals surface area contributed by atoms with E-state index < -0.39 is 0 Å². The number of aryl methyl sites for hydroxylation is 1. The van der Waals surface area contributed by atoms with Crippen molar-refractivity contribution in [1.82, 2.24) is 4.98 Å². The first-order chi connectivity index (χ1) is 9.99. The second-order valence-corrected chi connectivity index (χ2v) is 5.19. The molecule has 0 aromatic carbocycles. The molecule has 5 heteroatoms. The van der Waals surface area contributed by atoms with Crippen LogP contribution >= 0.6 is 0 Å². The molecule has 21 heavy (non-hydrogen) atoms. The molecule has 0 unspecified atom stereocenters. The monoisotopic (exact) mass is 288 g/mol. The quantitative estimate of drug-likeness (QED) is 0.791. The summed E-state index contributed by atoms with van der Waals surface area (Å²) in [5, 5.41) is 0. The summed E-state index contributed by atoms with van der Waals surface area (Å²) in [7, 11) is 1.89. The minimum absolute atomic E-state index is 0.160. The van der Waals surface area contributed by atoms with Gasteiger partial charge in [-0.25, -0.2) is 9.78 Å². The molecule has 0 fully saturated rings. The molecule has 0 radical (unpaired) electrons. The molecular formula is C16H20N2O3. The van der Waals surface area contributed by atoms with E-state index in [4.69, 9.17) is 9.15 Å². The molecular weight excluding hydrogens is 268 g/mol. The van der Waals surface area contributed by atoms with Crippen LogP contribution in [0, 0.1) is 6.92 Å². The third kappa shape index (κ3) is 3.62. The average Bonchev–Trinajstić information content (AvgIpc) is 2.83. The molecule has 0 aliphatic carbocycles. The Bertz CT molecular complexity index is 619. The van der Waals surface area contributed by atoms with Crippen molar-refractivity contribution in [3.05, 3.63) is 47.5 Å². The van der Waals surface area contributed by atoms with Crippen LogP contribution in [0.25, 0.3) is 0 Å². The highest BCUT2D eigenvalue weighted by atomic mass is 16.5. The molecule has 0 saturated carbocycles. The lowest BCUT2D eigenvalue weighted by atomic mass is 10.2. The largest absolute Gasteiger partial charge is 0.469 e. The zero-order chi connectivity index (χ0) is 15.4. The number of carbonyl (C=O) groups is 1. The molecule has 0 saturated heterocycles. The smallest absolute Gasteiger partial charge is 0.342 e. The van der Waals surface area contributed by atoms with Crippen LogP contribution in [0.15, 0.2) is 35.1 Å². The van der Waals surface area contributed by atoms with E-state index in [0.29, 0.717) is 17.9 Å². The minimum Gasteiger partial charge on any atom is -0.469 e. The van der Waals surface area contributed by atoms with Gasteiger partial charge in [0.05, 0.1) is 12.4 Å². The Labute approximate surface area is 124 Å². The van der Waals surface area contributed by atoms with Crippen molar-refractivity contribution in [1.29, 1.82) is 0 Å². The standard InChI is InChI=1S/C16H20N2O3/c1-11(2)21-16(19)14-6-5-8-17-15(14)18(4)10-13-7-9-20-12(13)3/h5-9,11H,10H2,1-4H3. The summed E-state index contributed by atoms with van der Waals surface area (Å²) < 4.78 is 10.6. The van der Waals surface area contributed by atoms with Gasteiger partial charge < -0.3 is 14.1 Å². The van der Waals surface area contributed by atoms with Crippen molar-refractivity contribution >= 4 is 11.8 Å². The fourth-order valence-electron chi connectivity index (χ4n) is 2.04. The Balaban J connectivity index is 2.23. The van der Waals surface area contributed by atoms with E-state index in [-0.39, 0.29) is 12.1 Å². The van der Waals surface area contributed by atoms with Crippen LogP contribution in [0.5, 0.6) is 0 Å². The van der Waals surface area contributed by atoms with Gasteiger partial charge in [-0.2, -0.15) is 0 Å². The fourth-order valence-corrected chi connectivity index (χ4v) is 2.04. The van der Waals surface area contributed by atoms with E-state index in [0.717, 1.165) is 11.3 Å². The lowest BCUT2D eigenvalue weighted by Gasteiger charge is -2.20. The summed E-state index contributed by atoms with van der Waals surface area (Å²) in [6.45, 7) is 6.18. The topological polar surface area (TPSA) is 55.6 Å². The van der Waals surface area contributed by atoms with E-state index in [1.54, 1.807) is 24.6 Å². The molecule has 0 N–H and O–H groups in total. The fraction of sp³-hybridized carbons (Fsp3) is 0.375. The molecule has 0 aliphatic heterocycles. The highest BCUT2D eigenvalue weighted by molar-refractivity contribution is 5.94. The first kappa shape index (κ1) is 15.1. The van der Waals surface area contributed by atoms with Crippen molar-refractivity contribution in [2.75, 3.05) is 11.9 Å². The molecule has 0 bridgehead atoms. The number of hydrogen-bond acceptors (Lipinski definition) is 5. The van der Waals surface area contributed by atoms with Gasteiger partial charge in [0.1, 0.15) is 17.1 Å². The number of anilines is 1. The zero-order valence-electron chi connectivity index (χ0n) is 12.8. The Morgan fingerprint density at radius 2 is 2.19 bits per heavy atom. The van der Waals surface area contributed by atoms with E-state index >= 15 is 0 Å². The Hall–Kier alpha value is -2.30. The third-order valence-corrected chi connectivity index (χ3v) is 3.08. The number of nitrogens with zero attached hydrogens (tertiary/aromatic N) is 2. The van der Waals surface area contributed by atoms with Crippen LogP contribution in [-0.2, 0) is 11.3 Å². The first-order valence-electron chi connectivity index (χ1n) is 6.89. The molecule has 0 aliphatic rings. The van der Waals surface area contributed by atoms with Gasteiger partial charge in [-0.3, -0.25) is 0 Å². The predicted octanol–water partition coefficient (Wildman–Crippen LogP) is 3.18. The van der Waals surface area contributed by atoms with Gasteiger partial charge >= 0.3 is 5.97 Å². The molecule has 2 aromatic rings. The van der Waals surface area contributed by atoms with Gasteiger partial charge in [-0.05, 0) is 39.0 Å². The average molecular weight is 288 g/mol. The second-order valence-electron chi connectivity index (χ2n) is 5.19. The Morgan fingerprint density at radius 3 is 2.81 bits per heavy atom. The number of carbonyl (C=O) groups excluding carboxylic acids is 1. The second kappa shape index (κ2) is 6.43. The summed E-state index contributed by atoms with van der Waals surface area (Å²) in [5.41, 5.74) is 1.53. The Morgan fingerprint density at radius 1 is 1.43 bits per heavy atom. The highest BCUT2D eigenvalue weighted by Crippen LogP contribution is 2.21. The Kier molecular flexibility index (Phi) is 4.62. The number of aromatic nitrogens is 1. The van der Waals surface area contributed by atoms with Crippen LogP contribution in [-0.4, -0.2) is 24.1 Å². The molecule has 0 atom stereocenters. The van der Waals surface area contributed by atoms with Crippen molar-refractivity contribution in [3.63, 3.8) is 0 Å². The number of hydrogen-bond donors (Lipinski definition) is 0. The summed E-state index contributed by atoms with van der Waals surface area (Å²) >= 11 is 0. The third-order valence-electron chi connectivity index (χ3n) is 3.08. The van der Waals surface area contributed by atoms with Crippen LogP contribution < -0.4 is 4.90 Å². The highest BCUT2D eigenvalue weighted by Gasteiger charge is 2.18. The van der Waals surface area contributed by atoms with Crippen molar-refractivity contribution < 1.29 is 13.9 Å². The summed E-state index contributed by atoms with van der Waals surface area (Å²) in [4.78, 5) is 18.4. The molecule has 5 nitrogen and oxygen atoms in total. The number of furan rings is 1. The van der Waals surface area contributed by atoms with Gasteiger partial charge in [-0.1, -0.05) is 0 Å². The van der Waals surface area contributed by atoms with E-state index in [1.807, 2.05) is 38.8 Å². The zero-order valence-corrected chi connectivity index (χ0v) is 12.8. The number of pyridine rings is 1. The predicted molar refractivity (Wildman–Crippen MR) is 80.3 cm³/mol. The molecule has 2 rings (SSSR count). The molecule has 2 heterocycles. The molecule has 2 aromatic heterocycles. The van der Waals surface area contributed by atoms with Crippen molar-refractivity contribution in [2.45, 2.75) is 33.4 Å². The summed E-state index contributed by atoms with van der Waals surface area (Å²) in [6.07, 6.45) is 3.16. The van der Waals surface area contributed by atoms with Gasteiger partial charge in [0.25, 0.3) is 0 Å². The SMILES string of the molecule is Cc1occc1CN(C)c1ncccc1C(=O)OC(C)C. The number of ether oxygens (including phenoxy) is 1. The minimum atomic E-state index is -0.358. The van der Waals surface area contributed by atoms with Gasteiger partial charge in [0.15, 0.2) is 0 Å². The maximum atomic E-state index is 12.1. The van der Waals surface area contributed by atoms with Gasteiger partial charge in [0, 0.05) is 25.4 Å². The lowest BCUT2D eigenvalue weighted by molar-refractivity contribution is 0.0378. The van der Waals surface area contributed by atoms with Crippen molar-refractivity contribution in [2.24, 2.45) is 0 Å². The van der Waals surface area contributed by atoms with Crippen LogP contribution in [0.4, 0.5) is 5.82 Å². The first-order valence-corrected chi connectivity index (χ1v) is 6.89.